The summed E-state index contributed by atoms with van der Waals surface area (Å²) in [5, 5.41) is 0. The van der Waals surface area contributed by atoms with Crippen molar-refractivity contribution in [3.63, 3.8) is 0 Å². The number of epoxide rings is 1. The highest BCUT2D eigenvalue weighted by atomic mass is 19.1. The number of Topliss-reactive ketones (excluding diaryl/α,β-unsaturated/α-hetero) is 1. The maximum atomic E-state index is 12.9. The first-order valence-electron chi connectivity index (χ1n) is 6.57. The zero-order valence-electron chi connectivity index (χ0n) is 10.9. The maximum Gasteiger partial charge on any atom is 0.231 e. The van der Waals surface area contributed by atoms with Gasteiger partial charge in [0.1, 0.15) is 11.9 Å². The van der Waals surface area contributed by atoms with Crippen molar-refractivity contribution in [2.75, 3.05) is 6.79 Å². The molecule has 0 bridgehead atoms. The molecule has 2 heterocycles. The predicted octanol–water partition coefficient (Wildman–Crippen LogP) is 2.88. The van der Waals surface area contributed by atoms with Crippen LogP contribution in [0, 0.1) is 5.82 Å². The normalized spacial score (nSPS) is 22.1. The van der Waals surface area contributed by atoms with Crippen molar-refractivity contribution in [1.82, 2.24) is 0 Å². The molecule has 2 atom stereocenters. The van der Waals surface area contributed by atoms with Crippen LogP contribution in [-0.4, -0.2) is 18.7 Å². The Kier molecular flexibility index (Phi) is 2.68. The molecule has 2 aliphatic rings. The van der Waals surface area contributed by atoms with Crippen LogP contribution in [0.2, 0.25) is 0 Å². The first kappa shape index (κ1) is 12.3. The van der Waals surface area contributed by atoms with Gasteiger partial charge in [-0.25, -0.2) is 4.39 Å². The molecule has 0 N–H and O–H groups in total. The first-order chi connectivity index (χ1) is 10.2. The summed E-state index contributed by atoms with van der Waals surface area (Å²) in [7, 11) is 0. The third-order valence-electron chi connectivity index (χ3n) is 3.60. The average Bonchev–Trinajstić information content (AvgIpc) is 3.17. The van der Waals surface area contributed by atoms with E-state index in [9.17, 15) is 9.18 Å². The second-order valence-electron chi connectivity index (χ2n) is 4.96. The molecule has 1 saturated heterocycles. The lowest BCUT2D eigenvalue weighted by atomic mass is 10.0. The highest BCUT2D eigenvalue weighted by molar-refractivity contribution is 6.01. The molecule has 0 aromatic heterocycles. The van der Waals surface area contributed by atoms with Gasteiger partial charge in [0.25, 0.3) is 0 Å². The monoisotopic (exact) mass is 286 g/mol. The molecular weight excluding hydrogens is 275 g/mol. The Labute approximate surface area is 120 Å². The largest absolute Gasteiger partial charge is 0.454 e. The molecule has 0 spiro atoms. The average molecular weight is 286 g/mol. The van der Waals surface area contributed by atoms with E-state index in [1.807, 2.05) is 12.1 Å². The summed E-state index contributed by atoms with van der Waals surface area (Å²) in [6, 6.07) is 11.0. The van der Waals surface area contributed by atoms with Crippen molar-refractivity contribution in [3.8, 4) is 11.5 Å². The van der Waals surface area contributed by atoms with Gasteiger partial charge < -0.3 is 14.2 Å². The number of rotatable bonds is 3. The van der Waals surface area contributed by atoms with Crippen LogP contribution < -0.4 is 9.47 Å². The first-order valence-corrected chi connectivity index (χ1v) is 6.57. The Morgan fingerprint density at radius 1 is 1.05 bits per heavy atom. The van der Waals surface area contributed by atoms with Gasteiger partial charge in [-0.15, -0.1) is 0 Å². The number of carbonyl (C=O) groups is 1. The molecule has 0 aliphatic carbocycles. The van der Waals surface area contributed by atoms with E-state index in [4.69, 9.17) is 14.2 Å². The zero-order chi connectivity index (χ0) is 14.4. The van der Waals surface area contributed by atoms with Gasteiger partial charge in [-0.3, -0.25) is 4.79 Å². The number of hydrogen-bond acceptors (Lipinski definition) is 4. The van der Waals surface area contributed by atoms with Crippen LogP contribution in [0.3, 0.4) is 0 Å². The molecule has 0 unspecified atom stereocenters. The fourth-order valence-electron chi connectivity index (χ4n) is 2.43. The third kappa shape index (κ3) is 2.15. The molecule has 106 valence electrons. The van der Waals surface area contributed by atoms with Crippen LogP contribution >= 0.6 is 0 Å². The Balaban J connectivity index is 1.52. The van der Waals surface area contributed by atoms with Gasteiger partial charge in [-0.2, -0.15) is 0 Å². The van der Waals surface area contributed by atoms with Crippen molar-refractivity contribution in [1.29, 1.82) is 0 Å². The van der Waals surface area contributed by atoms with Crippen molar-refractivity contribution < 1.29 is 23.4 Å². The molecule has 0 radical (unpaired) electrons. The molecule has 1 fully saturated rings. The van der Waals surface area contributed by atoms with E-state index in [1.165, 1.54) is 24.3 Å². The lowest BCUT2D eigenvalue weighted by Gasteiger charge is -2.00. The minimum absolute atomic E-state index is 0.141. The van der Waals surface area contributed by atoms with Crippen LogP contribution in [0.4, 0.5) is 4.39 Å². The SMILES string of the molecule is O=C(c1ccc(F)cc1)[C@@H]1O[C@H]1c1ccc2c(c1)OCO2. The van der Waals surface area contributed by atoms with Crippen molar-refractivity contribution in [3.05, 3.63) is 59.4 Å². The number of fused-ring (bicyclic) bond motifs is 1. The summed E-state index contributed by atoms with van der Waals surface area (Å²) in [6.45, 7) is 0.211. The van der Waals surface area contributed by atoms with Gasteiger partial charge in [-0.05, 0) is 42.0 Å². The number of ketones is 1. The van der Waals surface area contributed by atoms with Crippen LogP contribution in [-0.2, 0) is 4.74 Å². The van der Waals surface area contributed by atoms with E-state index in [1.54, 1.807) is 6.07 Å². The van der Waals surface area contributed by atoms with E-state index in [0.29, 0.717) is 17.1 Å². The number of carbonyl (C=O) groups excluding carboxylic acids is 1. The van der Waals surface area contributed by atoms with Gasteiger partial charge in [0.05, 0.1) is 0 Å². The summed E-state index contributed by atoms with van der Waals surface area (Å²) in [4.78, 5) is 12.2. The number of ether oxygens (including phenoxy) is 3. The zero-order valence-corrected chi connectivity index (χ0v) is 10.9. The maximum absolute atomic E-state index is 12.9. The summed E-state index contributed by atoms with van der Waals surface area (Å²) < 4.78 is 28.9. The topological polar surface area (TPSA) is 48.1 Å². The fraction of sp³-hybridized carbons (Fsp3) is 0.188. The highest BCUT2D eigenvalue weighted by Crippen LogP contribution is 2.44. The summed E-state index contributed by atoms with van der Waals surface area (Å²) in [5.41, 5.74) is 1.32. The molecule has 2 aliphatic heterocycles. The van der Waals surface area contributed by atoms with Crippen molar-refractivity contribution in [2.45, 2.75) is 12.2 Å². The number of benzene rings is 2. The molecule has 21 heavy (non-hydrogen) atoms. The lowest BCUT2D eigenvalue weighted by Crippen LogP contribution is -2.08. The Morgan fingerprint density at radius 2 is 1.81 bits per heavy atom. The molecule has 0 saturated carbocycles. The smallest absolute Gasteiger partial charge is 0.231 e. The van der Waals surface area contributed by atoms with E-state index in [2.05, 4.69) is 0 Å². The van der Waals surface area contributed by atoms with Crippen LogP contribution in [0.5, 0.6) is 11.5 Å². The van der Waals surface area contributed by atoms with Crippen LogP contribution in [0.15, 0.2) is 42.5 Å². The number of halogens is 1. The molecular formula is C16H11FO4. The Morgan fingerprint density at radius 3 is 2.62 bits per heavy atom. The number of hydrogen-bond donors (Lipinski definition) is 0. The van der Waals surface area contributed by atoms with E-state index < -0.39 is 6.10 Å². The Bertz CT molecular complexity index is 711. The van der Waals surface area contributed by atoms with Gasteiger partial charge in [0.15, 0.2) is 23.4 Å². The lowest BCUT2D eigenvalue weighted by molar-refractivity contribution is 0.0953. The van der Waals surface area contributed by atoms with Gasteiger partial charge in [0, 0.05) is 5.56 Å². The molecule has 0 amide bonds. The highest BCUT2D eigenvalue weighted by Gasteiger charge is 2.46. The van der Waals surface area contributed by atoms with Crippen LogP contribution in [0.25, 0.3) is 0 Å². The summed E-state index contributed by atoms with van der Waals surface area (Å²) in [5.74, 6) is 0.852. The van der Waals surface area contributed by atoms with Crippen molar-refractivity contribution in [2.24, 2.45) is 0 Å². The minimum atomic E-state index is -0.518. The minimum Gasteiger partial charge on any atom is -0.454 e. The summed E-state index contributed by atoms with van der Waals surface area (Å²) in [6.07, 6.45) is -0.798. The molecule has 2 aromatic carbocycles. The van der Waals surface area contributed by atoms with Gasteiger partial charge >= 0.3 is 0 Å². The van der Waals surface area contributed by atoms with Crippen LogP contribution in [0.1, 0.15) is 22.0 Å². The van der Waals surface area contributed by atoms with Gasteiger partial charge in [-0.1, -0.05) is 6.07 Å². The van der Waals surface area contributed by atoms with Gasteiger partial charge in [0.2, 0.25) is 6.79 Å². The Hall–Kier alpha value is -2.40. The van der Waals surface area contributed by atoms with E-state index in [0.717, 1.165) is 5.56 Å². The molecule has 4 nitrogen and oxygen atoms in total. The van der Waals surface area contributed by atoms with E-state index in [-0.39, 0.29) is 24.5 Å². The fourth-order valence-corrected chi connectivity index (χ4v) is 2.43. The molecule has 5 heteroatoms. The quantitative estimate of drug-likeness (QED) is 0.643. The second kappa shape index (κ2) is 4.56. The van der Waals surface area contributed by atoms with E-state index >= 15 is 0 Å². The standard InChI is InChI=1S/C16H11FO4/c17-11-4-1-9(2-5-11)14(18)16-15(21-16)10-3-6-12-13(7-10)20-8-19-12/h1-7,15-16H,8H2/t15-,16-/m0/s1. The molecule has 2 aromatic rings. The summed E-state index contributed by atoms with van der Waals surface area (Å²) >= 11 is 0. The third-order valence-corrected chi connectivity index (χ3v) is 3.60. The second-order valence-corrected chi connectivity index (χ2v) is 4.96. The van der Waals surface area contributed by atoms with Crippen molar-refractivity contribution >= 4 is 5.78 Å². The predicted molar refractivity (Wildman–Crippen MR) is 70.9 cm³/mol. The molecule has 4 rings (SSSR count).